The third-order valence-electron chi connectivity index (χ3n) is 3.77. The molecule has 0 bridgehead atoms. The number of carbonyl (C=O) groups is 1. The smallest absolute Gasteiger partial charge is 0.359 e. The van der Waals surface area contributed by atoms with Crippen LogP contribution in [0.4, 0.5) is 0 Å². The Morgan fingerprint density at radius 1 is 1.27 bits per heavy atom. The molecule has 1 aromatic carbocycles. The number of nitrogens with zero attached hydrogens (tertiary/aromatic N) is 2. The van der Waals surface area contributed by atoms with Gasteiger partial charge in [-0.3, -0.25) is 0 Å². The highest BCUT2D eigenvalue weighted by molar-refractivity contribution is 9.10. The van der Waals surface area contributed by atoms with Crippen LogP contribution in [-0.4, -0.2) is 34.1 Å². The normalized spacial score (nSPS) is 13.7. The number of fused-ring (bicyclic) bond motifs is 1. The number of benzene rings is 1. The van der Waals surface area contributed by atoms with Gasteiger partial charge in [0.15, 0.2) is 5.69 Å². The quantitative estimate of drug-likeness (QED) is 0.847. The summed E-state index contributed by atoms with van der Waals surface area (Å²) in [4.78, 5) is 12.2. The standard InChI is InChI=1S/C16H17BrN2O3/c17-11-5-7-12(8-6-11)19-14-4-2-1-3-13(14)15(18-19)16(21)22-10-9-20/h5-8,20H,1-4,9-10H2. The number of aliphatic hydroxyl groups is 1. The Morgan fingerprint density at radius 2 is 2.00 bits per heavy atom. The first-order valence-electron chi connectivity index (χ1n) is 7.35. The maximum Gasteiger partial charge on any atom is 0.359 e. The molecule has 1 aliphatic rings. The molecule has 1 N–H and O–H groups in total. The van der Waals surface area contributed by atoms with Crippen LogP contribution in [0.15, 0.2) is 28.7 Å². The van der Waals surface area contributed by atoms with Crippen LogP contribution < -0.4 is 0 Å². The lowest BCUT2D eigenvalue weighted by Gasteiger charge is -2.14. The fourth-order valence-electron chi connectivity index (χ4n) is 2.77. The highest BCUT2D eigenvalue weighted by Gasteiger charge is 2.26. The van der Waals surface area contributed by atoms with Gasteiger partial charge in [0.05, 0.1) is 12.3 Å². The van der Waals surface area contributed by atoms with E-state index in [1.807, 2.05) is 28.9 Å². The number of halogens is 1. The molecule has 5 nitrogen and oxygen atoms in total. The van der Waals surface area contributed by atoms with Gasteiger partial charge in [-0.2, -0.15) is 5.10 Å². The van der Waals surface area contributed by atoms with E-state index in [0.29, 0.717) is 5.69 Å². The van der Waals surface area contributed by atoms with Crippen molar-refractivity contribution in [2.75, 3.05) is 13.2 Å². The number of aromatic nitrogens is 2. The minimum Gasteiger partial charge on any atom is -0.458 e. The highest BCUT2D eigenvalue weighted by Crippen LogP contribution is 2.27. The van der Waals surface area contributed by atoms with Gasteiger partial charge in [-0.05, 0) is 49.9 Å². The molecule has 1 heterocycles. The topological polar surface area (TPSA) is 64.3 Å². The molecular weight excluding hydrogens is 348 g/mol. The van der Waals surface area contributed by atoms with E-state index in [-0.39, 0.29) is 13.2 Å². The summed E-state index contributed by atoms with van der Waals surface area (Å²) in [6.45, 7) is -0.180. The minimum absolute atomic E-state index is 0.00124. The van der Waals surface area contributed by atoms with Crippen LogP contribution in [0.1, 0.15) is 34.6 Å². The molecule has 0 fully saturated rings. The van der Waals surface area contributed by atoms with E-state index in [9.17, 15) is 4.79 Å². The zero-order valence-electron chi connectivity index (χ0n) is 12.1. The molecular formula is C16H17BrN2O3. The summed E-state index contributed by atoms with van der Waals surface area (Å²) in [6.07, 6.45) is 3.90. The molecule has 116 valence electrons. The van der Waals surface area contributed by atoms with Gasteiger partial charge in [-0.25, -0.2) is 9.48 Å². The van der Waals surface area contributed by atoms with E-state index in [4.69, 9.17) is 9.84 Å². The predicted molar refractivity (Wildman–Crippen MR) is 85.3 cm³/mol. The second-order valence-corrected chi connectivity index (χ2v) is 6.14. The number of carbonyl (C=O) groups excluding carboxylic acids is 1. The molecule has 6 heteroatoms. The SMILES string of the molecule is O=C(OCCO)c1nn(-c2ccc(Br)cc2)c2c1CCCC2. The van der Waals surface area contributed by atoms with E-state index in [0.717, 1.165) is 47.1 Å². The Morgan fingerprint density at radius 3 is 2.73 bits per heavy atom. The van der Waals surface area contributed by atoms with Crippen LogP contribution in [0, 0.1) is 0 Å². The molecule has 1 aromatic heterocycles. The largest absolute Gasteiger partial charge is 0.458 e. The summed E-state index contributed by atoms with van der Waals surface area (Å²) in [5, 5.41) is 13.3. The Bertz CT molecular complexity index is 679. The van der Waals surface area contributed by atoms with Crippen molar-refractivity contribution in [2.24, 2.45) is 0 Å². The van der Waals surface area contributed by atoms with E-state index in [1.165, 1.54) is 0 Å². The third kappa shape index (κ3) is 2.94. The van der Waals surface area contributed by atoms with Crippen molar-refractivity contribution in [1.29, 1.82) is 0 Å². The Balaban J connectivity index is 2.02. The van der Waals surface area contributed by atoms with Crippen molar-refractivity contribution in [3.05, 3.63) is 45.7 Å². The van der Waals surface area contributed by atoms with E-state index in [2.05, 4.69) is 21.0 Å². The van der Waals surface area contributed by atoms with E-state index >= 15 is 0 Å². The van der Waals surface area contributed by atoms with Gasteiger partial charge >= 0.3 is 5.97 Å². The van der Waals surface area contributed by atoms with Crippen molar-refractivity contribution in [2.45, 2.75) is 25.7 Å². The highest BCUT2D eigenvalue weighted by atomic mass is 79.9. The molecule has 0 unspecified atom stereocenters. The van der Waals surface area contributed by atoms with Crippen LogP contribution in [0.2, 0.25) is 0 Å². The summed E-state index contributed by atoms with van der Waals surface area (Å²) >= 11 is 3.42. The first-order valence-corrected chi connectivity index (χ1v) is 8.14. The number of ether oxygens (including phenoxy) is 1. The van der Waals surface area contributed by atoms with Crippen LogP contribution in [0.5, 0.6) is 0 Å². The van der Waals surface area contributed by atoms with Crippen molar-refractivity contribution in [3.8, 4) is 5.69 Å². The lowest BCUT2D eigenvalue weighted by molar-refractivity contribution is 0.0425. The number of esters is 1. The molecule has 3 rings (SSSR count). The summed E-state index contributed by atoms with van der Waals surface area (Å²) < 4.78 is 7.88. The zero-order valence-corrected chi connectivity index (χ0v) is 13.7. The van der Waals surface area contributed by atoms with Crippen LogP contribution in [0.25, 0.3) is 5.69 Å². The summed E-state index contributed by atoms with van der Waals surface area (Å²) in [7, 11) is 0. The summed E-state index contributed by atoms with van der Waals surface area (Å²) in [5.41, 5.74) is 3.38. The molecule has 0 aliphatic heterocycles. The Hall–Kier alpha value is -1.66. The third-order valence-corrected chi connectivity index (χ3v) is 4.30. The second kappa shape index (κ2) is 6.62. The fraction of sp³-hybridized carbons (Fsp3) is 0.375. The van der Waals surface area contributed by atoms with Crippen LogP contribution in [0.3, 0.4) is 0 Å². The van der Waals surface area contributed by atoms with Crippen LogP contribution >= 0.6 is 15.9 Å². The number of aliphatic hydroxyl groups excluding tert-OH is 1. The Kier molecular flexibility index (Phi) is 4.59. The lowest BCUT2D eigenvalue weighted by Crippen LogP contribution is -2.12. The average molecular weight is 365 g/mol. The van der Waals surface area contributed by atoms with Gasteiger partial charge in [-0.15, -0.1) is 0 Å². The zero-order chi connectivity index (χ0) is 15.5. The monoisotopic (exact) mass is 364 g/mol. The van der Waals surface area contributed by atoms with Gasteiger partial charge in [0, 0.05) is 15.7 Å². The lowest BCUT2D eigenvalue weighted by atomic mass is 9.95. The van der Waals surface area contributed by atoms with Crippen molar-refractivity contribution in [3.63, 3.8) is 0 Å². The number of hydrogen-bond acceptors (Lipinski definition) is 4. The van der Waals surface area contributed by atoms with Gasteiger partial charge in [0.1, 0.15) is 6.61 Å². The molecule has 0 atom stereocenters. The maximum atomic E-state index is 12.2. The van der Waals surface area contributed by atoms with Crippen molar-refractivity contribution in [1.82, 2.24) is 9.78 Å². The van der Waals surface area contributed by atoms with E-state index in [1.54, 1.807) is 0 Å². The maximum absolute atomic E-state index is 12.2. The second-order valence-electron chi connectivity index (χ2n) is 5.23. The van der Waals surface area contributed by atoms with E-state index < -0.39 is 5.97 Å². The molecule has 0 radical (unpaired) electrons. The molecule has 1 aliphatic carbocycles. The first kappa shape index (κ1) is 15.2. The van der Waals surface area contributed by atoms with Crippen molar-refractivity contribution < 1.29 is 14.6 Å². The Labute approximate surface area is 137 Å². The average Bonchev–Trinajstić information content (AvgIpc) is 2.93. The predicted octanol–water partition coefficient (Wildman–Crippen LogP) is 2.66. The van der Waals surface area contributed by atoms with Gasteiger partial charge in [-0.1, -0.05) is 15.9 Å². The van der Waals surface area contributed by atoms with Crippen LogP contribution in [-0.2, 0) is 17.6 Å². The van der Waals surface area contributed by atoms with Gasteiger partial charge in [0.2, 0.25) is 0 Å². The number of hydrogen-bond donors (Lipinski definition) is 1. The van der Waals surface area contributed by atoms with Gasteiger partial charge < -0.3 is 9.84 Å². The van der Waals surface area contributed by atoms with Gasteiger partial charge in [0.25, 0.3) is 0 Å². The molecule has 0 saturated carbocycles. The molecule has 0 spiro atoms. The molecule has 22 heavy (non-hydrogen) atoms. The summed E-state index contributed by atoms with van der Waals surface area (Å²) in [5.74, 6) is -0.455. The summed E-state index contributed by atoms with van der Waals surface area (Å²) in [6, 6.07) is 7.84. The van der Waals surface area contributed by atoms with Crippen molar-refractivity contribution >= 4 is 21.9 Å². The molecule has 0 amide bonds. The molecule has 0 saturated heterocycles. The number of rotatable bonds is 4. The molecule has 2 aromatic rings. The minimum atomic E-state index is -0.455. The first-order chi connectivity index (χ1) is 10.7. The fourth-order valence-corrected chi connectivity index (χ4v) is 3.03.